The standard InChI is InChI=1S/C16H15NO3/c1-17-14-9-7-13(8-10-14)15(18)16(19)20-11-12-5-3-2-4-6-12/h2-10,17H,11H2,1H3. The van der Waals surface area contributed by atoms with Crippen molar-refractivity contribution in [2.45, 2.75) is 6.61 Å². The summed E-state index contributed by atoms with van der Waals surface area (Å²) < 4.78 is 5.00. The second kappa shape index (κ2) is 6.52. The fourth-order valence-corrected chi connectivity index (χ4v) is 1.69. The van der Waals surface area contributed by atoms with Crippen molar-refractivity contribution in [3.8, 4) is 0 Å². The van der Waals surface area contributed by atoms with E-state index in [1.54, 1.807) is 31.3 Å². The van der Waals surface area contributed by atoms with Gasteiger partial charge in [-0.2, -0.15) is 0 Å². The Labute approximate surface area is 117 Å². The number of carbonyl (C=O) groups excluding carboxylic acids is 2. The molecule has 0 fully saturated rings. The maximum absolute atomic E-state index is 11.9. The molecule has 4 heteroatoms. The highest BCUT2D eigenvalue weighted by molar-refractivity contribution is 6.40. The van der Waals surface area contributed by atoms with E-state index < -0.39 is 11.8 Å². The SMILES string of the molecule is CNc1ccc(C(=O)C(=O)OCc2ccccc2)cc1. The highest BCUT2D eigenvalue weighted by Crippen LogP contribution is 2.10. The number of anilines is 1. The fourth-order valence-electron chi connectivity index (χ4n) is 1.69. The molecule has 0 atom stereocenters. The van der Waals surface area contributed by atoms with E-state index in [0.717, 1.165) is 11.3 Å². The predicted molar refractivity (Wildman–Crippen MR) is 76.6 cm³/mol. The van der Waals surface area contributed by atoms with Gasteiger partial charge in [-0.25, -0.2) is 4.79 Å². The Morgan fingerprint density at radius 3 is 2.25 bits per heavy atom. The van der Waals surface area contributed by atoms with Crippen LogP contribution in [0.15, 0.2) is 54.6 Å². The van der Waals surface area contributed by atoms with E-state index in [2.05, 4.69) is 5.32 Å². The first-order valence-corrected chi connectivity index (χ1v) is 6.24. The van der Waals surface area contributed by atoms with Crippen LogP contribution >= 0.6 is 0 Å². The van der Waals surface area contributed by atoms with Crippen LogP contribution in [0, 0.1) is 0 Å². The molecule has 4 nitrogen and oxygen atoms in total. The molecule has 0 radical (unpaired) electrons. The van der Waals surface area contributed by atoms with E-state index in [1.807, 2.05) is 30.3 Å². The van der Waals surface area contributed by atoms with Crippen LogP contribution in [0.1, 0.15) is 15.9 Å². The first kappa shape index (κ1) is 13.8. The summed E-state index contributed by atoms with van der Waals surface area (Å²) in [4.78, 5) is 23.6. The van der Waals surface area contributed by atoms with Crippen molar-refractivity contribution in [3.05, 3.63) is 65.7 Å². The molecule has 20 heavy (non-hydrogen) atoms. The molecule has 1 N–H and O–H groups in total. The minimum atomic E-state index is -0.842. The van der Waals surface area contributed by atoms with Gasteiger partial charge in [0.25, 0.3) is 5.78 Å². The zero-order valence-corrected chi connectivity index (χ0v) is 11.1. The lowest BCUT2D eigenvalue weighted by Gasteiger charge is -2.05. The second-order valence-electron chi connectivity index (χ2n) is 4.22. The Hall–Kier alpha value is -2.62. The minimum Gasteiger partial charge on any atom is -0.455 e. The molecule has 0 bridgehead atoms. The van der Waals surface area contributed by atoms with Crippen LogP contribution in [0.5, 0.6) is 0 Å². The third kappa shape index (κ3) is 3.45. The molecule has 0 aromatic heterocycles. The molecule has 2 aromatic rings. The third-order valence-corrected chi connectivity index (χ3v) is 2.83. The Morgan fingerprint density at radius 2 is 1.65 bits per heavy atom. The van der Waals surface area contributed by atoms with Gasteiger partial charge in [-0.05, 0) is 29.8 Å². The Morgan fingerprint density at radius 1 is 1.00 bits per heavy atom. The summed E-state index contributed by atoms with van der Waals surface area (Å²) in [6.07, 6.45) is 0. The van der Waals surface area contributed by atoms with Crippen molar-refractivity contribution < 1.29 is 14.3 Å². The number of ketones is 1. The molecule has 0 spiro atoms. The van der Waals surface area contributed by atoms with Crippen molar-refractivity contribution in [2.75, 3.05) is 12.4 Å². The normalized spacial score (nSPS) is 9.85. The van der Waals surface area contributed by atoms with Gasteiger partial charge < -0.3 is 10.1 Å². The molecule has 0 saturated carbocycles. The number of hydrogen-bond acceptors (Lipinski definition) is 4. The van der Waals surface area contributed by atoms with Crippen LogP contribution < -0.4 is 5.32 Å². The van der Waals surface area contributed by atoms with E-state index in [4.69, 9.17) is 4.74 Å². The molecule has 2 aromatic carbocycles. The lowest BCUT2D eigenvalue weighted by atomic mass is 10.1. The minimum absolute atomic E-state index is 0.0972. The summed E-state index contributed by atoms with van der Waals surface area (Å²) >= 11 is 0. The average molecular weight is 269 g/mol. The number of carbonyl (C=O) groups is 2. The number of nitrogens with one attached hydrogen (secondary N) is 1. The zero-order chi connectivity index (χ0) is 14.4. The zero-order valence-electron chi connectivity index (χ0n) is 11.1. The molecular weight excluding hydrogens is 254 g/mol. The van der Waals surface area contributed by atoms with Gasteiger partial charge in [0, 0.05) is 18.3 Å². The Kier molecular flexibility index (Phi) is 4.50. The van der Waals surface area contributed by atoms with E-state index in [0.29, 0.717) is 5.56 Å². The maximum atomic E-state index is 11.9. The molecule has 0 aliphatic rings. The van der Waals surface area contributed by atoms with Crippen LogP contribution in [-0.2, 0) is 16.1 Å². The molecule has 0 saturated heterocycles. The molecule has 2 rings (SSSR count). The van der Waals surface area contributed by atoms with Gasteiger partial charge >= 0.3 is 5.97 Å². The van der Waals surface area contributed by atoms with Crippen LogP contribution in [0.4, 0.5) is 5.69 Å². The highest BCUT2D eigenvalue weighted by Gasteiger charge is 2.17. The van der Waals surface area contributed by atoms with Crippen LogP contribution in [0.2, 0.25) is 0 Å². The van der Waals surface area contributed by atoms with Gasteiger partial charge in [-0.3, -0.25) is 4.79 Å². The smallest absolute Gasteiger partial charge is 0.380 e. The van der Waals surface area contributed by atoms with Crippen molar-refractivity contribution in [2.24, 2.45) is 0 Å². The lowest BCUT2D eigenvalue weighted by molar-refractivity contribution is -0.139. The number of ether oxygens (including phenoxy) is 1. The van der Waals surface area contributed by atoms with Gasteiger partial charge in [0.15, 0.2) is 0 Å². The fraction of sp³-hybridized carbons (Fsp3) is 0.125. The van der Waals surface area contributed by atoms with Gasteiger partial charge in [0.1, 0.15) is 6.61 Å². The van der Waals surface area contributed by atoms with E-state index in [9.17, 15) is 9.59 Å². The van der Waals surface area contributed by atoms with E-state index >= 15 is 0 Å². The monoisotopic (exact) mass is 269 g/mol. The van der Waals surface area contributed by atoms with Gasteiger partial charge in [-0.15, -0.1) is 0 Å². The number of benzene rings is 2. The van der Waals surface area contributed by atoms with Crippen LogP contribution in [0.3, 0.4) is 0 Å². The van der Waals surface area contributed by atoms with Crippen LogP contribution in [0.25, 0.3) is 0 Å². The van der Waals surface area contributed by atoms with E-state index in [-0.39, 0.29) is 6.61 Å². The number of esters is 1. The summed E-state index contributed by atoms with van der Waals surface area (Å²) in [5.41, 5.74) is 2.04. The third-order valence-electron chi connectivity index (χ3n) is 2.83. The summed E-state index contributed by atoms with van der Waals surface area (Å²) in [5.74, 6) is -1.48. The van der Waals surface area contributed by atoms with Crippen molar-refractivity contribution >= 4 is 17.4 Å². The molecule has 0 aliphatic heterocycles. The van der Waals surface area contributed by atoms with Crippen LogP contribution in [-0.4, -0.2) is 18.8 Å². The van der Waals surface area contributed by atoms with Crippen molar-refractivity contribution in [3.63, 3.8) is 0 Å². The summed E-state index contributed by atoms with van der Waals surface area (Å²) in [5, 5.41) is 2.94. The number of Topliss-reactive ketones (excluding diaryl/α,β-unsaturated/α-hetero) is 1. The van der Waals surface area contributed by atoms with E-state index in [1.165, 1.54) is 0 Å². The van der Waals surface area contributed by atoms with Gasteiger partial charge in [0.05, 0.1) is 0 Å². The summed E-state index contributed by atoms with van der Waals surface area (Å²) in [7, 11) is 1.78. The van der Waals surface area contributed by atoms with Crippen molar-refractivity contribution in [1.82, 2.24) is 0 Å². The van der Waals surface area contributed by atoms with Gasteiger partial charge in [0.2, 0.25) is 0 Å². The first-order valence-electron chi connectivity index (χ1n) is 6.24. The second-order valence-corrected chi connectivity index (χ2v) is 4.22. The molecule has 0 aliphatic carbocycles. The number of hydrogen-bond donors (Lipinski definition) is 1. The summed E-state index contributed by atoms with van der Waals surface area (Å²) in [6, 6.07) is 15.9. The molecule has 0 amide bonds. The largest absolute Gasteiger partial charge is 0.455 e. The molecule has 102 valence electrons. The average Bonchev–Trinajstić information content (AvgIpc) is 2.53. The number of rotatable bonds is 5. The molecule has 0 heterocycles. The molecule has 0 unspecified atom stereocenters. The first-order chi connectivity index (χ1) is 9.70. The highest BCUT2D eigenvalue weighted by atomic mass is 16.5. The Bertz CT molecular complexity index is 591. The predicted octanol–water partition coefficient (Wildman–Crippen LogP) is 2.65. The quantitative estimate of drug-likeness (QED) is 0.515. The Balaban J connectivity index is 1.96. The molecular formula is C16H15NO3. The van der Waals surface area contributed by atoms with Crippen molar-refractivity contribution in [1.29, 1.82) is 0 Å². The maximum Gasteiger partial charge on any atom is 0.380 e. The topological polar surface area (TPSA) is 55.4 Å². The summed E-state index contributed by atoms with van der Waals surface area (Å²) in [6.45, 7) is 0.0972. The lowest BCUT2D eigenvalue weighted by Crippen LogP contribution is -2.17. The van der Waals surface area contributed by atoms with Gasteiger partial charge in [-0.1, -0.05) is 30.3 Å².